The molecule has 1 aliphatic carbocycles. The molecule has 1 aliphatic rings. The summed E-state index contributed by atoms with van der Waals surface area (Å²) in [6.07, 6.45) is 5.88. The van der Waals surface area contributed by atoms with Crippen LogP contribution in [0.15, 0.2) is 30.9 Å². The van der Waals surface area contributed by atoms with Gasteiger partial charge >= 0.3 is 0 Å². The predicted octanol–water partition coefficient (Wildman–Crippen LogP) is 2.23. The van der Waals surface area contributed by atoms with Crippen molar-refractivity contribution in [1.29, 1.82) is 0 Å². The molecular formula is C16H19N7. The van der Waals surface area contributed by atoms with Crippen LogP contribution < -0.4 is 10.2 Å². The average molecular weight is 309 g/mol. The zero-order valence-electron chi connectivity index (χ0n) is 13.3. The van der Waals surface area contributed by atoms with Crippen LogP contribution in [0.4, 0.5) is 11.6 Å². The summed E-state index contributed by atoms with van der Waals surface area (Å²) < 4.78 is 2.15. The summed E-state index contributed by atoms with van der Waals surface area (Å²) in [5.74, 6) is 1.70. The Morgan fingerprint density at radius 2 is 2.09 bits per heavy atom. The van der Waals surface area contributed by atoms with Gasteiger partial charge in [-0.25, -0.2) is 19.9 Å². The van der Waals surface area contributed by atoms with E-state index in [9.17, 15) is 0 Å². The lowest BCUT2D eigenvalue weighted by Gasteiger charge is -2.12. The second-order valence-electron chi connectivity index (χ2n) is 6.01. The van der Waals surface area contributed by atoms with Crippen molar-refractivity contribution in [3.05, 3.63) is 36.5 Å². The normalized spacial score (nSPS) is 14.2. The summed E-state index contributed by atoms with van der Waals surface area (Å²) in [5.41, 5.74) is 2.69. The second-order valence-corrected chi connectivity index (χ2v) is 6.01. The number of aromatic nitrogens is 5. The Balaban J connectivity index is 1.57. The predicted molar refractivity (Wildman–Crippen MR) is 89.5 cm³/mol. The lowest BCUT2D eigenvalue weighted by molar-refractivity contribution is 0.756. The molecule has 118 valence electrons. The highest BCUT2D eigenvalue weighted by Crippen LogP contribution is 2.37. The van der Waals surface area contributed by atoms with Gasteiger partial charge in [-0.2, -0.15) is 0 Å². The number of hydrogen-bond donors (Lipinski definition) is 1. The van der Waals surface area contributed by atoms with Crippen LogP contribution in [0.5, 0.6) is 0 Å². The molecule has 0 aromatic carbocycles. The minimum absolute atomic E-state index is 0.557. The van der Waals surface area contributed by atoms with E-state index < -0.39 is 0 Å². The maximum absolute atomic E-state index is 4.61. The fraction of sp³-hybridized carbons (Fsp3) is 0.375. The summed E-state index contributed by atoms with van der Waals surface area (Å²) in [4.78, 5) is 19.8. The van der Waals surface area contributed by atoms with Crippen molar-refractivity contribution < 1.29 is 0 Å². The van der Waals surface area contributed by atoms with Gasteiger partial charge in [-0.05, 0) is 25.0 Å². The number of nitrogens with one attached hydrogen (secondary N) is 1. The molecule has 3 aromatic rings. The number of rotatable bonds is 5. The summed E-state index contributed by atoms with van der Waals surface area (Å²) in [6.45, 7) is 0.601. The number of pyridine rings is 1. The number of nitrogens with zero attached hydrogens (tertiary/aromatic N) is 6. The van der Waals surface area contributed by atoms with Gasteiger partial charge in [0.05, 0.1) is 18.6 Å². The Morgan fingerprint density at radius 3 is 2.87 bits per heavy atom. The highest BCUT2D eigenvalue weighted by Gasteiger charge is 2.26. The fourth-order valence-electron chi connectivity index (χ4n) is 2.59. The molecule has 3 aromatic heterocycles. The van der Waals surface area contributed by atoms with Crippen molar-refractivity contribution >= 4 is 22.8 Å². The van der Waals surface area contributed by atoms with Crippen molar-refractivity contribution in [3.63, 3.8) is 0 Å². The van der Waals surface area contributed by atoms with Gasteiger partial charge in [-0.15, -0.1) is 0 Å². The first-order valence-corrected chi connectivity index (χ1v) is 7.77. The summed E-state index contributed by atoms with van der Waals surface area (Å²) in [5, 5.41) is 3.33. The minimum Gasteiger partial charge on any atom is -0.363 e. The number of imidazole rings is 1. The molecule has 4 rings (SSSR count). The van der Waals surface area contributed by atoms with Crippen LogP contribution in [-0.2, 0) is 6.54 Å². The maximum atomic E-state index is 4.61. The number of fused-ring (bicyclic) bond motifs is 1. The third kappa shape index (κ3) is 2.69. The zero-order valence-corrected chi connectivity index (χ0v) is 13.3. The Morgan fingerprint density at radius 1 is 1.22 bits per heavy atom. The van der Waals surface area contributed by atoms with Crippen LogP contribution in [0.1, 0.15) is 24.6 Å². The number of hydrogen-bond acceptors (Lipinski definition) is 6. The van der Waals surface area contributed by atoms with E-state index in [1.807, 2.05) is 43.5 Å². The summed E-state index contributed by atoms with van der Waals surface area (Å²) in [7, 11) is 3.97. The van der Waals surface area contributed by atoms with E-state index in [-0.39, 0.29) is 0 Å². The van der Waals surface area contributed by atoms with Gasteiger partial charge in [0.15, 0.2) is 11.5 Å². The smallest absolute Gasteiger partial charge is 0.165 e. The first-order valence-electron chi connectivity index (χ1n) is 7.77. The lowest BCUT2D eigenvalue weighted by Crippen LogP contribution is -2.12. The molecule has 0 atom stereocenters. The van der Waals surface area contributed by atoms with E-state index in [1.165, 1.54) is 12.8 Å². The third-order valence-corrected chi connectivity index (χ3v) is 3.99. The van der Waals surface area contributed by atoms with Gasteiger partial charge in [0.1, 0.15) is 17.7 Å². The summed E-state index contributed by atoms with van der Waals surface area (Å²) in [6, 6.07) is 6.56. The minimum atomic E-state index is 0.557. The van der Waals surface area contributed by atoms with Gasteiger partial charge in [0, 0.05) is 20.1 Å². The molecule has 1 fully saturated rings. The Labute approximate surface area is 134 Å². The van der Waals surface area contributed by atoms with Gasteiger partial charge in [0.25, 0.3) is 0 Å². The molecule has 0 aliphatic heterocycles. The van der Waals surface area contributed by atoms with E-state index in [1.54, 1.807) is 6.33 Å². The van der Waals surface area contributed by atoms with E-state index in [4.69, 9.17) is 0 Å². The molecule has 1 N–H and O–H groups in total. The van der Waals surface area contributed by atoms with Crippen molar-refractivity contribution in [2.45, 2.75) is 25.4 Å². The van der Waals surface area contributed by atoms with Crippen LogP contribution in [0.2, 0.25) is 0 Å². The standard InChI is InChI=1S/C16H19N7/c1-22(2)13-5-3-4-11(21-13)8-17-15-14-16(19-9-18-15)23(10-20-14)12-6-7-12/h3-5,9-10,12H,6-8H2,1-2H3,(H,17,18,19). The van der Waals surface area contributed by atoms with Crippen LogP contribution in [0.25, 0.3) is 11.2 Å². The molecule has 0 saturated heterocycles. The highest BCUT2D eigenvalue weighted by atomic mass is 15.2. The molecule has 23 heavy (non-hydrogen) atoms. The Bertz CT molecular complexity index is 835. The van der Waals surface area contributed by atoms with Crippen molar-refractivity contribution in [2.24, 2.45) is 0 Å². The lowest BCUT2D eigenvalue weighted by atomic mass is 10.3. The first-order chi connectivity index (χ1) is 11.2. The molecule has 0 bridgehead atoms. The SMILES string of the molecule is CN(C)c1cccc(CNc2ncnc3c2ncn3C2CC2)n1. The molecule has 1 saturated carbocycles. The van der Waals surface area contributed by atoms with E-state index in [0.29, 0.717) is 12.6 Å². The molecule has 7 heteroatoms. The highest BCUT2D eigenvalue weighted by molar-refractivity contribution is 5.82. The average Bonchev–Trinajstić information content (AvgIpc) is 3.32. The molecule has 0 radical (unpaired) electrons. The Hall–Kier alpha value is -2.70. The molecule has 3 heterocycles. The first kappa shape index (κ1) is 13.9. The van der Waals surface area contributed by atoms with Crippen LogP contribution >= 0.6 is 0 Å². The fourth-order valence-corrected chi connectivity index (χ4v) is 2.59. The van der Waals surface area contributed by atoms with Crippen molar-refractivity contribution in [3.8, 4) is 0 Å². The van der Waals surface area contributed by atoms with Crippen LogP contribution in [0.3, 0.4) is 0 Å². The van der Waals surface area contributed by atoms with Crippen LogP contribution in [0, 0.1) is 0 Å². The third-order valence-electron chi connectivity index (χ3n) is 3.99. The molecular weight excluding hydrogens is 290 g/mol. The van der Waals surface area contributed by atoms with E-state index in [2.05, 4.69) is 29.8 Å². The van der Waals surface area contributed by atoms with E-state index >= 15 is 0 Å². The van der Waals surface area contributed by atoms with E-state index in [0.717, 1.165) is 28.5 Å². The Kier molecular flexibility index (Phi) is 3.33. The van der Waals surface area contributed by atoms with Gasteiger partial charge in [-0.3, -0.25) is 0 Å². The largest absolute Gasteiger partial charge is 0.363 e. The summed E-state index contributed by atoms with van der Waals surface area (Å²) >= 11 is 0. The second kappa shape index (κ2) is 5.49. The molecule has 7 nitrogen and oxygen atoms in total. The van der Waals surface area contributed by atoms with Gasteiger partial charge in [0.2, 0.25) is 0 Å². The topological polar surface area (TPSA) is 71.8 Å². The van der Waals surface area contributed by atoms with Gasteiger partial charge < -0.3 is 14.8 Å². The molecule has 0 unspecified atom stereocenters. The molecule has 0 amide bonds. The quantitative estimate of drug-likeness (QED) is 0.779. The van der Waals surface area contributed by atoms with Crippen molar-refractivity contribution in [1.82, 2.24) is 24.5 Å². The molecule has 0 spiro atoms. The van der Waals surface area contributed by atoms with Gasteiger partial charge in [-0.1, -0.05) is 6.07 Å². The monoisotopic (exact) mass is 309 g/mol. The maximum Gasteiger partial charge on any atom is 0.165 e. The van der Waals surface area contributed by atoms with Crippen molar-refractivity contribution in [2.75, 3.05) is 24.3 Å². The van der Waals surface area contributed by atoms with Crippen LogP contribution in [-0.4, -0.2) is 38.6 Å². The number of anilines is 2. The zero-order chi connectivity index (χ0) is 15.8.